The number of pyridine rings is 1. The van der Waals surface area contributed by atoms with Gasteiger partial charge in [-0.1, -0.05) is 0 Å². The third kappa shape index (κ3) is 2.13. The Balaban J connectivity index is 2.17. The minimum atomic E-state index is 0.485. The Morgan fingerprint density at radius 1 is 1.44 bits per heavy atom. The average Bonchev–Trinajstić information content (AvgIpc) is 2.71. The second kappa shape index (κ2) is 4.22. The van der Waals surface area contributed by atoms with Crippen LogP contribution in [0.5, 0.6) is 11.6 Å². The fourth-order valence-electron chi connectivity index (χ4n) is 1.27. The van der Waals surface area contributed by atoms with E-state index in [2.05, 4.69) is 10.1 Å². The van der Waals surface area contributed by atoms with Crippen molar-refractivity contribution in [1.29, 1.82) is 0 Å². The van der Waals surface area contributed by atoms with Crippen LogP contribution in [0.4, 0.5) is 5.69 Å². The van der Waals surface area contributed by atoms with Gasteiger partial charge in [-0.25, -0.2) is 4.98 Å². The van der Waals surface area contributed by atoms with Gasteiger partial charge < -0.3 is 10.5 Å². The SMILES string of the molecule is CCn1cc(Oc2cc(N)c(C)cn2)cn1. The van der Waals surface area contributed by atoms with Crippen molar-refractivity contribution in [2.45, 2.75) is 20.4 Å². The molecule has 0 saturated carbocycles. The molecule has 0 aromatic carbocycles. The third-order valence-corrected chi connectivity index (χ3v) is 2.28. The molecule has 16 heavy (non-hydrogen) atoms. The van der Waals surface area contributed by atoms with Gasteiger partial charge in [0.05, 0.1) is 12.4 Å². The number of hydrogen-bond donors (Lipinski definition) is 1. The highest BCUT2D eigenvalue weighted by Gasteiger charge is 2.03. The standard InChI is InChI=1S/C11H14N4O/c1-3-15-7-9(6-14-15)16-11-4-10(12)8(2)5-13-11/h4-7H,3H2,1-2H3,(H2,12,13). The second-order valence-corrected chi connectivity index (χ2v) is 3.51. The van der Waals surface area contributed by atoms with Crippen LogP contribution in [-0.4, -0.2) is 14.8 Å². The summed E-state index contributed by atoms with van der Waals surface area (Å²) in [6, 6.07) is 1.71. The lowest BCUT2D eigenvalue weighted by atomic mass is 10.3. The van der Waals surface area contributed by atoms with E-state index in [9.17, 15) is 0 Å². The van der Waals surface area contributed by atoms with E-state index in [0.717, 1.165) is 12.1 Å². The van der Waals surface area contributed by atoms with Crippen molar-refractivity contribution < 1.29 is 4.74 Å². The lowest BCUT2D eigenvalue weighted by Gasteiger charge is -2.04. The first-order valence-electron chi connectivity index (χ1n) is 5.11. The topological polar surface area (TPSA) is 66.0 Å². The van der Waals surface area contributed by atoms with E-state index in [4.69, 9.17) is 10.5 Å². The Morgan fingerprint density at radius 3 is 2.88 bits per heavy atom. The molecule has 5 nitrogen and oxygen atoms in total. The maximum absolute atomic E-state index is 5.76. The van der Waals surface area contributed by atoms with Crippen LogP contribution in [0.25, 0.3) is 0 Å². The highest BCUT2D eigenvalue weighted by molar-refractivity contribution is 5.47. The van der Waals surface area contributed by atoms with E-state index >= 15 is 0 Å². The molecule has 0 atom stereocenters. The molecule has 0 unspecified atom stereocenters. The molecular weight excluding hydrogens is 204 g/mol. The number of rotatable bonds is 3. The third-order valence-electron chi connectivity index (χ3n) is 2.28. The first kappa shape index (κ1) is 10.5. The van der Waals surface area contributed by atoms with Gasteiger partial charge in [-0.15, -0.1) is 0 Å². The summed E-state index contributed by atoms with van der Waals surface area (Å²) in [6.07, 6.45) is 5.16. The van der Waals surface area contributed by atoms with Gasteiger partial charge in [-0.3, -0.25) is 4.68 Å². The number of hydrogen-bond acceptors (Lipinski definition) is 4. The van der Waals surface area contributed by atoms with Gasteiger partial charge >= 0.3 is 0 Å². The van der Waals surface area contributed by atoms with Crippen molar-refractivity contribution >= 4 is 5.69 Å². The second-order valence-electron chi connectivity index (χ2n) is 3.51. The van der Waals surface area contributed by atoms with Crippen LogP contribution in [0.2, 0.25) is 0 Å². The number of aryl methyl sites for hydroxylation is 2. The molecule has 0 aliphatic carbocycles. The molecule has 2 N–H and O–H groups in total. The van der Waals surface area contributed by atoms with Crippen LogP contribution in [0.1, 0.15) is 12.5 Å². The van der Waals surface area contributed by atoms with E-state index in [1.165, 1.54) is 0 Å². The van der Waals surface area contributed by atoms with Gasteiger partial charge in [0.1, 0.15) is 0 Å². The number of anilines is 1. The van der Waals surface area contributed by atoms with Crippen molar-refractivity contribution in [2.75, 3.05) is 5.73 Å². The number of nitrogens with two attached hydrogens (primary N) is 1. The lowest BCUT2D eigenvalue weighted by Crippen LogP contribution is -1.94. The molecule has 2 aromatic rings. The van der Waals surface area contributed by atoms with Crippen LogP contribution >= 0.6 is 0 Å². The summed E-state index contributed by atoms with van der Waals surface area (Å²) in [4.78, 5) is 4.13. The first-order chi connectivity index (χ1) is 7.69. The Hall–Kier alpha value is -2.04. The molecule has 0 aliphatic rings. The zero-order valence-electron chi connectivity index (χ0n) is 9.34. The zero-order chi connectivity index (χ0) is 11.5. The number of ether oxygens (including phenoxy) is 1. The summed E-state index contributed by atoms with van der Waals surface area (Å²) in [5.74, 6) is 1.15. The number of aromatic nitrogens is 3. The van der Waals surface area contributed by atoms with Crippen LogP contribution in [0, 0.1) is 6.92 Å². The van der Waals surface area contributed by atoms with E-state index in [-0.39, 0.29) is 0 Å². The molecule has 84 valence electrons. The first-order valence-corrected chi connectivity index (χ1v) is 5.11. The fraction of sp³-hybridized carbons (Fsp3) is 0.273. The van der Waals surface area contributed by atoms with Crippen molar-refractivity contribution in [1.82, 2.24) is 14.8 Å². The van der Waals surface area contributed by atoms with Crippen molar-refractivity contribution in [2.24, 2.45) is 0 Å². The fourth-order valence-corrected chi connectivity index (χ4v) is 1.27. The summed E-state index contributed by atoms with van der Waals surface area (Å²) in [6.45, 7) is 4.73. The maximum Gasteiger partial charge on any atom is 0.221 e. The average molecular weight is 218 g/mol. The Bertz CT molecular complexity index is 492. The minimum absolute atomic E-state index is 0.485. The molecule has 0 bridgehead atoms. The van der Waals surface area contributed by atoms with Crippen molar-refractivity contribution in [3.8, 4) is 11.6 Å². The predicted molar refractivity (Wildman–Crippen MR) is 61.4 cm³/mol. The minimum Gasteiger partial charge on any atom is -0.436 e. The summed E-state index contributed by atoms with van der Waals surface area (Å²) in [5.41, 5.74) is 7.38. The van der Waals surface area contributed by atoms with Gasteiger partial charge in [0.2, 0.25) is 5.88 Å². The predicted octanol–water partition coefficient (Wildman–Crippen LogP) is 1.98. The molecule has 2 rings (SSSR count). The number of nitrogen functional groups attached to an aromatic ring is 1. The summed E-state index contributed by atoms with van der Waals surface area (Å²) >= 11 is 0. The smallest absolute Gasteiger partial charge is 0.221 e. The zero-order valence-corrected chi connectivity index (χ0v) is 9.34. The molecule has 5 heteroatoms. The number of nitrogens with zero attached hydrogens (tertiary/aromatic N) is 3. The van der Waals surface area contributed by atoms with Gasteiger partial charge in [-0.2, -0.15) is 5.10 Å². The normalized spacial score (nSPS) is 10.4. The van der Waals surface area contributed by atoms with Crippen molar-refractivity contribution in [3.63, 3.8) is 0 Å². The quantitative estimate of drug-likeness (QED) is 0.855. The Labute approximate surface area is 93.9 Å². The lowest BCUT2D eigenvalue weighted by molar-refractivity contribution is 0.462. The van der Waals surface area contributed by atoms with E-state index in [1.54, 1.807) is 23.1 Å². The molecular formula is C11H14N4O. The maximum atomic E-state index is 5.76. The molecule has 0 spiro atoms. The van der Waals surface area contributed by atoms with Gasteiger partial charge in [0.15, 0.2) is 5.75 Å². The van der Waals surface area contributed by atoms with Crippen molar-refractivity contribution in [3.05, 3.63) is 30.2 Å². The van der Waals surface area contributed by atoms with E-state index < -0.39 is 0 Å². The van der Waals surface area contributed by atoms with Crippen LogP contribution < -0.4 is 10.5 Å². The van der Waals surface area contributed by atoms with Gasteiger partial charge in [-0.05, 0) is 19.4 Å². The molecule has 0 radical (unpaired) electrons. The monoisotopic (exact) mass is 218 g/mol. The van der Waals surface area contributed by atoms with Crippen LogP contribution in [0.3, 0.4) is 0 Å². The van der Waals surface area contributed by atoms with E-state index in [0.29, 0.717) is 17.3 Å². The summed E-state index contributed by atoms with van der Waals surface area (Å²) in [7, 11) is 0. The highest BCUT2D eigenvalue weighted by atomic mass is 16.5. The van der Waals surface area contributed by atoms with E-state index in [1.807, 2.05) is 20.0 Å². The highest BCUT2D eigenvalue weighted by Crippen LogP contribution is 2.21. The van der Waals surface area contributed by atoms with Gasteiger partial charge in [0.25, 0.3) is 0 Å². The molecule has 2 aromatic heterocycles. The molecule has 0 aliphatic heterocycles. The molecule has 0 saturated heterocycles. The molecule has 2 heterocycles. The Morgan fingerprint density at radius 2 is 2.25 bits per heavy atom. The molecule has 0 amide bonds. The molecule has 0 fully saturated rings. The van der Waals surface area contributed by atoms with Gasteiger partial charge in [0, 0.05) is 24.5 Å². The Kier molecular flexibility index (Phi) is 2.76. The summed E-state index contributed by atoms with van der Waals surface area (Å²) < 4.78 is 7.31. The van der Waals surface area contributed by atoms with Crippen LogP contribution in [0.15, 0.2) is 24.7 Å². The van der Waals surface area contributed by atoms with Crippen LogP contribution in [-0.2, 0) is 6.54 Å². The summed E-state index contributed by atoms with van der Waals surface area (Å²) in [5, 5.41) is 4.10. The largest absolute Gasteiger partial charge is 0.436 e.